The molecule has 0 bridgehead atoms. The van der Waals surface area contributed by atoms with Gasteiger partial charge in [0.15, 0.2) is 5.65 Å². The van der Waals surface area contributed by atoms with Crippen molar-refractivity contribution in [3.63, 3.8) is 0 Å². The van der Waals surface area contributed by atoms with E-state index < -0.39 is 0 Å². The van der Waals surface area contributed by atoms with Crippen molar-refractivity contribution in [2.24, 2.45) is 0 Å². The average molecular weight is 371 g/mol. The summed E-state index contributed by atoms with van der Waals surface area (Å²) in [5.74, 6) is -0.0698. The largest absolute Gasteiger partial charge is 0.367 e. The molecule has 1 fully saturated rings. The highest BCUT2D eigenvalue weighted by Gasteiger charge is 2.30. The molecule has 4 heterocycles. The first-order chi connectivity index (χ1) is 12.4. The minimum Gasteiger partial charge on any atom is -0.367 e. The van der Waals surface area contributed by atoms with Gasteiger partial charge in [-0.1, -0.05) is 20.8 Å². The van der Waals surface area contributed by atoms with E-state index in [0.717, 1.165) is 10.7 Å². The van der Waals surface area contributed by atoms with Gasteiger partial charge in [0.25, 0.3) is 5.91 Å². The lowest BCUT2D eigenvalue weighted by atomic mass is 9.93. The number of rotatable bonds is 2. The number of thiazole rings is 1. The molecular weight excluding hydrogens is 350 g/mol. The summed E-state index contributed by atoms with van der Waals surface area (Å²) in [5, 5.41) is 7.21. The number of hydrogen-bond donors (Lipinski definition) is 0. The van der Waals surface area contributed by atoms with Gasteiger partial charge in [0.2, 0.25) is 0 Å². The Morgan fingerprint density at radius 1 is 1.38 bits per heavy atom. The minimum absolute atomic E-state index is 0.00168. The van der Waals surface area contributed by atoms with E-state index in [1.807, 2.05) is 0 Å². The molecule has 1 saturated heterocycles. The molecule has 0 spiro atoms. The molecule has 1 amide bonds. The van der Waals surface area contributed by atoms with Crippen molar-refractivity contribution in [2.45, 2.75) is 32.3 Å². The Balaban J connectivity index is 1.55. The van der Waals surface area contributed by atoms with Crippen LogP contribution in [0.1, 0.15) is 47.9 Å². The van der Waals surface area contributed by atoms with E-state index in [1.54, 1.807) is 45.4 Å². The van der Waals surface area contributed by atoms with Crippen molar-refractivity contribution in [3.05, 3.63) is 46.3 Å². The molecule has 3 aromatic heterocycles. The number of ether oxygens (including phenoxy) is 1. The first-order valence-corrected chi connectivity index (χ1v) is 9.46. The zero-order valence-corrected chi connectivity index (χ0v) is 15.9. The van der Waals surface area contributed by atoms with Crippen LogP contribution in [0.3, 0.4) is 0 Å². The number of morpholine rings is 1. The van der Waals surface area contributed by atoms with Gasteiger partial charge in [0.1, 0.15) is 16.7 Å². The fourth-order valence-electron chi connectivity index (χ4n) is 2.91. The van der Waals surface area contributed by atoms with Gasteiger partial charge in [-0.15, -0.1) is 11.3 Å². The molecule has 1 unspecified atom stereocenters. The standard InChI is InChI=1S/C18H21N5O2S/c1-18(2,3)14-11-26-16(21-14)13-10-22(7-8-25-13)17(24)12-9-20-23-6-4-5-19-15(12)23/h4-6,9,11,13H,7-8,10H2,1-3H3. The lowest BCUT2D eigenvalue weighted by Crippen LogP contribution is -2.42. The van der Waals surface area contributed by atoms with Crippen LogP contribution in [0.15, 0.2) is 30.0 Å². The summed E-state index contributed by atoms with van der Waals surface area (Å²) in [5.41, 5.74) is 2.14. The Bertz CT molecular complexity index is 942. The van der Waals surface area contributed by atoms with Gasteiger partial charge in [-0.25, -0.2) is 14.5 Å². The molecule has 26 heavy (non-hydrogen) atoms. The van der Waals surface area contributed by atoms with Crippen LogP contribution < -0.4 is 0 Å². The van der Waals surface area contributed by atoms with Gasteiger partial charge in [-0.05, 0) is 6.07 Å². The number of hydrogen-bond acceptors (Lipinski definition) is 6. The van der Waals surface area contributed by atoms with Gasteiger partial charge in [-0.2, -0.15) is 5.10 Å². The molecule has 4 rings (SSSR count). The molecule has 8 heteroatoms. The van der Waals surface area contributed by atoms with E-state index in [4.69, 9.17) is 9.72 Å². The van der Waals surface area contributed by atoms with E-state index in [9.17, 15) is 4.79 Å². The Hall–Kier alpha value is -2.32. The number of nitrogens with zero attached hydrogens (tertiary/aromatic N) is 5. The predicted molar refractivity (Wildman–Crippen MR) is 98.4 cm³/mol. The van der Waals surface area contributed by atoms with Crippen LogP contribution in [-0.2, 0) is 10.2 Å². The molecule has 3 aromatic rings. The van der Waals surface area contributed by atoms with E-state index >= 15 is 0 Å². The third kappa shape index (κ3) is 3.10. The number of fused-ring (bicyclic) bond motifs is 1. The van der Waals surface area contributed by atoms with Crippen molar-refractivity contribution in [2.75, 3.05) is 19.7 Å². The van der Waals surface area contributed by atoms with Crippen molar-refractivity contribution in [1.82, 2.24) is 24.5 Å². The van der Waals surface area contributed by atoms with Crippen LogP contribution in [0.2, 0.25) is 0 Å². The molecule has 0 aromatic carbocycles. The van der Waals surface area contributed by atoms with E-state index in [-0.39, 0.29) is 17.4 Å². The minimum atomic E-state index is -0.191. The number of carbonyl (C=O) groups excluding carboxylic acids is 1. The molecule has 0 saturated carbocycles. The van der Waals surface area contributed by atoms with Crippen molar-refractivity contribution >= 4 is 22.9 Å². The number of amides is 1. The topological polar surface area (TPSA) is 72.6 Å². The predicted octanol–water partition coefficient (Wildman–Crippen LogP) is 2.70. The fraction of sp³-hybridized carbons (Fsp3) is 0.444. The van der Waals surface area contributed by atoms with Crippen LogP contribution in [0.4, 0.5) is 0 Å². The molecule has 7 nitrogen and oxygen atoms in total. The highest BCUT2D eigenvalue weighted by molar-refractivity contribution is 7.09. The zero-order valence-electron chi connectivity index (χ0n) is 15.0. The summed E-state index contributed by atoms with van der Waals surface area (Å²) >= 11 is 1.59. The Morgan fingerprint density at radius 2 is 2.23 bits per heavy atom. The molecular formula is C18H21N5O2S. The summed E-state index contributed by atoms with van der Waals surface area (Å²) in [6.07, 6.45) is 4.84. The third-order valence-corrected chi connectivity index (χ3v) is 5.37. The Morgan fingerprint density at radius 3 is 3.00 bits per heavy atom. The van der Waals surface area contributed by atoms with Crippen LogP contribution >= 0.6 is 11.3 Å². The quantitative estimate of drug-likeness (QED) is 0.692. The monoisotopic (exact) mass is 371 g/mol. The van der Waals surface area contributed by atoms with Crippen LogP contribution in [-0.4, -0.2) is 50.1 Å². The van der Waals surface area contributed by atoms with Gasteiger partial charge in [0, 0.05) is 29.7 Å². The Kier molecular flexibility index (Phi) is 4.24. The van der Waals surface area contributed by atoms with Crippen LogP contribution in [0.25, 0.3) is 5.65 Å². The molecule has 1 aliphatic heterocycles. The summed E-state index contributed by atoms with van der Waals surface area (Å²) in [7, 11) is 0. The first-order valence-electron chi connectivity index (χ1n) is 8.58. The number of aromatic nitrogens is 4. The second kappa shape index (κ2) is 6.44. The van der Waals surface area contributed by atoms with Crippen molar-refractivity contribution < 1.29 is 9.53 Å². The van der Waals surface area contributed by atoms with E-state index in [1.165, 1.54) is 0 Å². The highest BCUT2D eigenvalue weighted by Crippen LogP contribution is 2.30. The third-order valence-electron chi connectivity index (χ3n) is 4.43. The first kappa shape index (κ1) is 17.1. The van der Waals surface area contributed by atoms with E-state index in [2.05, 4.69) is 36.2 Å². The summed E-state index contributed by atoms with van der Waals surface area (Å²) < 4.78 is 7.51. The van der Waals surface area contributed by atoms with Gasteiger partial charge in [0.05, 0.1) is 25.0 Å². The lowest BCUT2D eigenvalue weighted by Gasteiger charge is -2.31. The second-order valence-corrected chi connectivity index (χ2v) is 8.27. The molecule has 0 radical (unpaired) electrons. The number of carbonyl (C=O) groups is 1. The fourth-order valence-corrected chi connectivity index (χ4v) is 4.00. The molecule has 1 atom stereocenters. The SMILES string of the molecule is CC(C)(C)c1csc(C2CN(C(=O)c3cnn4cccnc34)CCO2)n1. The summed E-state index contributed by atoms with van der Waals surface area (Å²) in [6.45, 7) is 7.95. The Labute approximate surface area is 155 Å². The summed E-state index contributed by atoms with van der Waals surface area (Å²) in [6, 6.07) is 1.79. The maximum Gasteiger partial charge on any atom is 0.259 e. The molecule has 136 valence electrons. The summed E-state index contributed by atoms with van der Waals surface area (Å²) in [4.78, 5) is 23.8. The van der Waals surface area contributed by atoms with Gasteiger partial charge >= 0.3 is 0 Å². The maximum atomic E-state index is 13.0. The van der Waals surface area contributed by atoms with Crippen LogP contribution in [0.5, 0.6) is 0 Å². The molecule has 0 N–H and O–H groups in total. The van der Waals surface area contributed by atoms with Crippen LogP contribution in [0, 0.1) is 0 Å². The zero-order chi connectivity index (χ0) is 18.3. The molecule has 1 aliphatic rings. The smallest absolute Gasteiger partial charge is 0.259 e. The second-order valence-electron chi connectivity index (χ2n) is 7.38. The average Bonchev–Trinajstić information content (AvgIpc) is 3.28. The maximum absolute atomic E-state index is 13.0. The van der Waals surface area contributed by atoms with Crippen molar-refractivity contribution in [3.8, 4) is 0 Å². The van der Waals surface area contributed by atoms with Crippen molar-refractivity contribution in [1.29, 1.82) is 0 Å². The normalized spacial score (nSPS) is 18.4. The highest BCUT2D eigenvalue weighted by atomic mass is 32.1. The van der Waals surface area contributed by atoms with Gasteiger partial charge in [-0.3, -0.25) is 4.79 Å². The van der Waals surface area contributed by atoms with E-state index in [0.29, 0.717) is 30.9 Å². The lowest BCUT2D eigenvalue weighted by molar-refractivity contribution is -0.0229. The molecule has 0 aliphatic carbocycles. The van der Waals surface area contributed by atoms with Gasteiger partial charge < -0.3 is 9.64 Å².